The van der Waals surface area contributed by atoms with Gasteiger partial charge in [-0.05, 0) is 26.0 Å². The van der Waals surface area contributed by atoms with Gasteiger partial charge >= 0.3 is 5.97 Å². The maximum Gasteiger partial charge on any atom is 0.323 e. The van der Waals surface area contributed by atoms with Crippen molar-refractivity contribution < 1.29 is 17.9 Å². The van der Waals surface area contributed by atoms with E-state index in [1.165, 1.54) is 18.5 Å². The normalized spacial score (nSPS) is 24.4. The van der Waals surface area contributed by atoms with E-state index >= 15 is 0 Å². The van der Waals surface area contributed by atoms with Crippen LogP contribution in [0.15, 0.2) is 23.9 Å². The van der Waals surface area contributed by atoms with Gasteiger partial charge < -0.3 is 4.74 Å². The SMILES string of the molecule is C=CC(=C(C)N(C)S(C)(=O)=O)C1CC(C(=O)OC)N(C)C1. The van der Waals surface area contributed by atoms with Crippen molar-refractivity contribution in [3.63, 3.8) is 0 Å². The van der Waals surface area contributed by atoms with Crippen LogP contribution < -0.4 is 0 Å². The monoisotopic (exact) mass is 316 g/mol. The smallest absolute Gasteiger partial charge is 0.323 e. The molecule has 0 aromatic rings. The number of nitrogens with zero attached hydrogens (tertiary/aromatic N) is 2. The van der Waals surface area contributed by atoms with Crippen LogP contribution in [0.5, 0.6) is 0 Å². The Morgan fingerprint density at radius 2 is 2.05 bits per heavy atom. The summed E-state index contributed by atoms with van der Waals surface area (Å²) in [5.74, 6) is -0.210. The molecular formula is C14H24N2O4S. The second-order valence-corrected chi connectivity index (χ2v) is 7.40. The summed E-state index contributed by atoms with van der Waals surface area (Å²) in [5.41, 5.74) is 1.48. The third-order valence-corrected chi connectivity index (χ3v) is 5.34. The number of carbonyl (C=O) groups is 1. The van der Waals surface area contributed by atoms with Crippen LogP contribution in [0.1, 0.15) is 13.3 Å². The van der Waals surface area contributed by atoms with Crippen molar-refractivity contribution >= 4 is 16.0 Å². The Bertz CT molecular complexity index is 553. The number of hydrogen-bond donors (Lipinski definition) is 0. The molecule has 2 unspecified atom stereocenters. The Morgan fingerprint density at radius 1 is 1.48 bits per heavy atom. The minimum atomic E-state index is -3.31. The molecule has 2 atom stereocenters. The number of allylic oxidation sites excluding steroid dienone is 2. The van der Waals surface area contributed by atoms with E-state index in [2.05, 4.69) is 6.58 Å². The quantitative estimate of drug-likeness (QED) is 0.555. The molecule has 0 amide bonds. The van der Waals surface area contributed by atoms with E-state index in [-0.39, 0.29) is 17.9 Å². The highest BCUT2D eigenvalue weighted by atomic mass is 32.2. The van der Waals surface area contributed by atoms with Crippen LogP contribution in [-0.4, -0.2) is 63.6 Å². The molecule has 21 heavy (non-hydrogen) atoms. The summed E-state index contributed by atoms with van der Waals surface area (Å²) in [6.45, 7) is 6.21. The molecule has 1 aliphatic rings. The van der Waals surface area contributed by atoms with Gasteiger partial charge in [-0.2, -0.15) is 0 Å². The second kappa shape index (κ2) is 6.62. The van der Waals surface area contributed by atoms with Crippen molar-refractivity contribution in [3.05, 3.63) is 23.9 Å². The van der Waals surface area contributed by atoms with Gasteiger partial charge in [-0.15, -0.1) is 0 Å². The molecule has 0 radical (unpaired) electrons. The number of ether oxygens (including phenoxy) is 1. The molecule has 0 aromatic heterocycles. The van der Waals surface area contributed by atoms with Gasteiger partial charge in [0.05, 0.1) is 13.4 Å². The van der Waals surface area contributed by atoms with E-state index in [1.807, 2.05) is 11.9 Å². The third kappa shape index (κ3) is 3.85. The van der Waals surface area contributed by atoms with Crippen LogP contribution in [0, 0.1) is 5.92 Å². The number of esters is 1. The van der Waals surface area contributed by atoms with E-state index in [0.29, 0.717) is 18.7 Å². The van der Waals surface area contributed by atoms with E-state index in [9.17, 15) is 13.2 Å². The molecule has 1 aliphatic heterocycles. The molecule has 0 spiro atoms. The Hall–Kier alpha value is -1.34. The van der Waals surface area contributed by atoms with Crippen LogP contribution >= 0.6 is 0 Å². The van der Waals surface area contributed by atoms with E-state index < -0.39 is 10.0 Å². The second-order valence-electron chi connectivity index (χ2n) is 5.39. The molecular weight excluding hydrogens is 292 g/mol. The topological polar surface area (TPSA) is 66.9 Å². The number of sulfonamides is 1. The van der Waals surface area contributed by atoms with Gasteiger partial charge in [-0.25, -0.2) is 8.42 Å². The van der Waals surface area contributed by atoms with Gasteiger partial charge in [0.15, 0.2) is 0 Å². The molecule has 120 valence electrons. The zero-order valence-corrected chi connectivity index (χ0v) is 14.1. The van der Waals surface area contributed by atoms with Crippen LogP contribution in [0.3, 0.4) is 0 Å². The van der Waals surface area contributed by atoms with Crippen molar-refractivity contribution in [2.45, 2.75) is 19.4 Å². The maximum atomic E-state index is 11.7. The molecule has 0 aromatic carbocycles. The molecule has 1 saturated heterocycles. The lowest BCUT2D eigenvalue weighted by Crippen LogP contribution is -2.33. The number of likely N-dealkylation sites (N-methyl/N-ethyl adjacent to an activating group) is 1. The first-order chi connectivity index (χ1) is 9.63. The van der Waals surface area contributed by atoms with Crippen molar-refractivity contribution in [3.8, 4) is 0 Å². The summed E-state index contributed by atoms with van der Waals surface area (Å²) < 4.78 is 29.4. The van der Waals surface area contributed by atoms with Crippen LogP contribution in [0.2, 0.25) is 0 Å². The standard InChI is InChI=1S/C14H24N2O4S/c1-7-12(10(2)16(4)21(6,18)19)11-8-13(14(17)20-5)15(3)9-11/h7,11,13H,1,8-9H2,2-6H3. The number of likely N-dealkylation sites (tertiary alicyclic amines) is 1. The number of methoxy groups -OCH3 is 1. The zero-order valence-electron chi connectivity index (χ0n) is 13.3. The Kier molecular flexibility index (Phi) is 5.58. The zero-order chi connectivity index (χ0) is 16.4. The third-order valence-electron chi connectivity index (χ3n) is 4.07. The minimum absolute atomic E-state index is 0.0563. The molecule has 1 rings (SSSR count). The Morgan fingerprint density at radius 3 is 2.48 bits per heavy atom. The largest absolute Gasteiger partial charge is 0.468 e. The van der Waals surface area contributed by atoms with Crippen molar-refractivity contribution in [2.75, 3.05) is 34.0 Å². The molecule has 6 nitrogen and oxygen atoms in total. The fraction of sp³-hybridized carbons (Fsp3) is 0.643. The lowest BCUT2D eigenvalue weighted by molar-refractivity contribution is -0.145. The van der Waals surface area contributed by atoms with Crippen LogP contribution in [0.4, 0.5) is 0 Å². The highest BCUT2D eigenvalue weighted by Crippen LogP contribution is 2.31. The summed E-state index contributed by atoms with van der Waals surface area (Å²) in [7, 11) is 1.44. The molecule has 1 heterocycles. The van der Waals surface area contributed by atoms with Gasteiger partial charge in [0.25, 0.3) is 0 Å². The lowest BCUT2D eigenvalue weighted by Gasteiger charge is -2.23. The van der Waals surface area contributed by atoms with Gasteiger partial charge in [0.1, 0.15) is 6.04 Å². The summed E-state index contributed by atoms with van der Waals surface area (Å²) in [6.07, 6.45) is 3.43. The lowest BCUT2D eigenvalue weighted by atomic mass is 9.94. The average molecular weight is 316 g/mol. The number of rotatable bonds is 5. The molecule has 0 N–H and O–H groups in total. The summed E-state index contributed by atoms with van der Waals surface area (Å²) in [6, 6.07) is -0.300. The fourth-order valence-electron chi connectivity index (χ4n) is 2.68. The average Bonchev–Trinajstić information content (AvgIpc) is 2.78. The van der Waals surface area contributed by atoms with E-state index in [4.69, 9.17) is 4.74 Å². The molecule has 1 fully saturated rings. The first-order valence-electron chi connectivity index (χ1n) is 6.68. The molecule has 0 aliphatic carbocycles. The Labute approximate surface area is 127 Å². The predicted molar refractivity (Wildman–Crippen MR) is 82.0 cm³/mol. The maximum absolute atomic E-state index is 11.7. The van der Waals surface area contributed by atoms with Gasteiger partial charge in [-0.3, -0.25) is 14.0 Å². The summed E-state index contributed by atoms with van der Waals surface area (Å²) in [4.78, 5) is 13.7. The van der Waals surface area contributed by atoms with Gasteiger partial charge in [0.2, 0.25) is 10.0 Å². The summed E-state index contributed by atoms with van der Waals surface area (Å²) in [5, 5.41) is 0. The molecule has 0 saturated carbocycles. The minimum Gasteiger partial charge on any atom is -0.468 e. The van der Waals surface area contributed by atoms with Gasteiger partial charge in [-0.1, -0.05) is 12.7 Å². The van der Waals surface area contributed by atoms with Crippen molar-refractivity contribution in [2.24, 2.45) is 5.92 Å². The van der Waals surface area contributed by atoms with E-state index in [0.717, 1.165) is 11.8 Å². The predicted octanol–water partition coefficient (Wildman–Crippen LogP) is 0.831. The van der Waals surface area contributed by atoms with Crippen molar-refractivity contribution in [1.82, 2.24) is 9.21 Å². The molecule has 7 heteroatoms. The van der Waals surface area contributed by atoms with Crippen LogP contribution in [-0.2, 0) is 19.6 Å². The number of carbonyl (C=O) groups excluding carboxylic acids is 1. The van der Waals surface area contributed by atoms with Crippen molar-refractivity contribution in [1.29, 1.82) is 0 Å². The Balaban J connectivity index is 3.07. The van der Waals surface area contributed by atoms with E-state index in [1.54, 1.807) is 13.0 Å². The first-order valence-corrected chi connectivity index (χ1v) is 8.53. The highest BCUT2D eigenvalue weighted by Gasteiger charge is 2.37. The number of hydrogen-bond acceptors (Lipinski definition) is 5. The van der Waals surface area contributed by atoms with Gasteiger partial charge in [0, 0.05) is 25.2 Å². The molecule has 0 bridgehead atoms. The fourth-order valence-corrected chi connectivity index (χ4v) is 3.28. The first kappa shape index (κ1) is 17.7. The highest BCUT2D eigenvalue weighted by molar-refractivity contribution is 7.88. The summed E-state index contributed by atoms with van der Waals surface area (Å²) >= 11 is 0. The van der Waals surface area contributed by atoms with Crippen LogP contribution in [0.25, 0.3) is 0 Å².